The molecule has 0 bridgehead atoms. The maximum Gasteiger partial charge on any atom is 0.410 e. The van der Waals surface area contributed by atoms with Crippen LogP contribution >= 0.6 is 11.6 Å². The minimum absolute atomic E-state index is 0.234. The van der Waals surface area contributed by atoms with E-state index in [0.29, 0.717) is 13.1 Å². The van der Waals surface area contributed by atoms with Crippen molar-refractivity contribution < 1.29 is 9.53 Å². The van der Waals surface area contributed by atoms with Crippen LogP contribution in [0, 0.1) is 0 Å². The van der Waals surface area contributed by atoms with E-state index in [4.69, 9.17) is 21.3 Å². The van der Waals surface area contributed by atoms with Gasteiger partial charge in [0.2, 0.25) is 0 Å². The van der Waals surface area contributed by atoms with Gasteiger partial charge in [-0.05, 0) is 50.6 Å². The number of amides is 1. The molecule has 1 aliphatic heterocycles. The Kier molecular flexibility index (Phi) is 6.21. The van der Waals surface area contributed by atoms with E-state index >= 15 is 0 Å². The fourth-order valence-corrected chi connectivity index (χ4v) is 3.94. The van der Waals surface area contributed by atoms with Crippen molar-refractivity contribution in [1.29, 1.82) is 0 Å². The van der Waals surface area contributed by atoms with Crippen LogP contribution in [0.4, 0.5) is 4.79 Å². The highest BCUT2D eigenvalue weighted by molar-refractivity contribution is 6.30. The first kappa shape index (κ1) is 21.7. The van der Waals surface area contributed by atoms with Gasteiger partial charge in [-0.1, -0.05) is 35.9 Å². The van der Waals surface area contributed by atoms with E-state index in [-0.39, 0.29) is 6.09 Å². The minimum atomic E-state index is -0.471. The molecular formula is C24H29ClN4O2. The molecule has 7 heteroatoms. The Morgan fingerprint density at radius 2 is 1.68 bits per heavy atom. The number of ether oxygens (including phenoxy) is 1. The summed E-state index contributed by atoms with van der Waals surface area (Å²) in [5.74, 6) is 1.03. The van der Waals surface area contributed by atoms with Gasteiger partial charge in [0, 0.05) is 37.7 Å². The number of benzene rings is 2. The van der Waals surface area contributed by atoms with Crippen LogP contribution in [0.25, 0.3) is 11.0 Å². The van der Waals surface area contributed by atoms with Crippen molar-refractivity contribution in [2.45, 2.75) is 39.5 Å². The molecule has 0 aliphatic carbocycles. The average molecular weight is 441 g/mol. The molecule has 1 amide bonds. The van der Waals surface area contributed by atoms with E-state index in [0.717, 1.165) is 48.1 Å². The Hall–Kier alpha value is -2.57. The summed E-state index contributed by atoms with van der Waals surface area (Å²) >= 11 is 6.06. The van der Waals surface area contributed by atoms with Crippen molar-refractivity contribution in [1.82, 2.24) is 19.4 Å². The van der Waals surface area contributed by atoms with Gasteiger partial charge in [-0.3, -0.25) is 4.90 Å². The van der Waals surface area contributed by atoms with Crippen LogP contribution in [-0.2, 0) is 17.8 Å². The van der Waals surface area contributed by atoms with Crippen LogP contribution in [0.15, 0.2) is 48.5 Å². The topological polar surface area (TPSA) is 50.6 Å². The van der Waals surface area contributed by atoms with Gasteiger partial charge >= 0.3 is 6.09 Å². The van der Waals surface area contributed by atoms with E-state index in [1.54, 1.807) is 4.90 Å². The fourth-order valence-electron chi connectivity index (χ4n) is 3.81. The number of carbonyl (C=O) groups is 1. The van der Waals surface area contributed by atoms with E-state index in [2.05, 4.69) is 33.7 Å². The highest BCUT2D eigenvalue weighted by Crippen LogP contribution is 2.21. The molecule has 164 valence electrons. The molecule has 2 heterocycles. The van der Waals surface area contributed by atoms with Crippen molar-refractivity contribution in [2.24, 2.45) is 0 Å². The number of rotatable bonds is 4. The number of hydrogen-bond acceptors (Lipinski definition) is 4. The molecule has 0 N–H and O–H groups in total. The molecule has 31 heavy (non-hydrogen) atoms. The van der Waals surface area contributed by atoms with Crippen LogP contribution in [0.2, 0.25) is 5.02 Å². The zero-order valence-electron chi connectivity index (χ0n) is 18.3. The summed E-state index contributed by atoms with van der Waals surface area (Å²) in [4.78, 5) is 21.4. The summed E-state index contributed by atoms with van der Waals surface area (Å²) in [6.07, 6.45) is -0.234. The number of nitrogens with zero attached hydrogens (tertiary/aromatic N) is 4. The number of para-hydroxylation sites is 2. The van der Waals surface area contributed by atoms with E-state index in [1.807, 2.05) is 45.0 Å². The van der Waals surface area contributed by atoms with Crippen molar-refractivity contribution in [3.63, 3.8) is 0 Å². The average Bonchev–Trinajstić information content (AvgIpc) is 3.06. The van der Waals surface area contributed by atoms with Crippen LogP contribution in [0.1, 0.15) is 32.2 Å². The van der Waals surface area contributed by atoms with Gasteiger partial charge in [0.25, 0.3) is 0 Å². The maximum atomic E-state index is 12.3. The van der Waals surface area contributed by atoms with Gasteiger partial charge in [0.05, 0.1) is 17.6 Å². The molecule has 1 aromatic heterocycles. The molecule has 3 aromatic rings. The lowest BCUT2D eigenvalue weighted by molar-refractivity contribution is 0.0136. The van der Waals surface area contributed by atoms with Crippen LogP contribution < -0.4 is 0 Å². The second kappa shape index (κ2) is 8.89. The Bertz CT molecular complexity index is 1050. The first-order chi connectivity index (χ1) is 14.8. The first-order valence-electron chi connectivity index (χ1n) is 10.7. The van der Waals surface area contributed by atoms with Crippen LogP contribution in [0.3, 0.4) is 0 Å². The van der Waals surface area contributed by atoms with Gasteiger partial charge < -0.3 is 14.2 Å². The molecule has 6 nitrogen and oxygen atoms in total. The fraction of sp³-hybridized carbons (Fsp3) is 0.417. The summed E-state index contributed by atoms with van der Waals surface area (Å²) < 4.78 is 7.78. The van der Waals surface area contributed by atoms with Gasteiger partial charge in [0.1, 0.15) is 11.4 Å². The Morgan fingerprint density at radius 3 is 2.35 bits per heavy atom. The van der Waals surface area contributed by atoms with E-state index < -0.39 is 5.60 Å². The largest absolute Gasteiger partial charge is 0.444 e. The van der Waals surface area contributed by atoms with Crippen molar-refractivity contribution >= 4 is 28.7 Å². The standard InChI is InChI=1S/C24H29ClN4O2/c1-24(2,3)31-23(30)28-14-12-27(13-15-28)17-22-26-20-6-4-5-7-21(20)29(22)16-18-8-10-19(25)11-9-18/h4-11H,12-17H2,1-3H3. The number of piperazine rings is 1. The predicted octanol–water partition coefficient (Wildman–Crippen LogP) is 4.79. The predicted molar refractivity (Wildman–Crippen MR) is 123 cm³/mol. The summed E-state index contributed by atoms with van der Waals surface area (Å²) in [6.45, 7) is 10.1. The number of aromatic nitrogens is 2. The highest BCUT2D eigenvalue weighted by Gasteiger charge is 2.26. The third-order valence-corrected chi connectivity index (χ3v) is 5.63. The second-order valence-corrected chi connectivity index (χ2v) is 9.41. The van der Waals surface area contributed by atoms with Crippen molar-refractivity contribution in [3.05, 3.63) is 64.9 Å². The minimum Gasteiger partial charge on any atom is -0.444 e. The van der Waals surface area contributed by atoms with Gasteiger partial charge in [-0.25, -0.2) is 9.78 Å². The third-order valence-electron chi connectivity index (χ3n) is 5.38. The quantitative estimate of drug-likeness (QED) is 0.585. The zero-order chi connectivity index (χ0) is 22.0. The molecule has 1 aliphatic rings. The lowest BCUT2D eigenvalue weighted by Gasteiger charge is -2.35. The second-order valence-electron chi connectivity index (χ2n) is 8.97. The Morgan fingerprint density at radius 1 is 1.00 bits per heavy atom. The molecule has 0 radical (unpaired) electrons. The van der Waals surface area contributed by atoms with Crippen molar-refractivity contribution in [2.75, 3.05) is 26.2 Å². The molecule has 0 spiro atoms. The SMILES string of the molecule is CC(C)(C)OC(=O)N1CCN(Cc2nc3ccccc3n2Cc2ccc(Cl)cc2)CC1. The van der Waals surface area contributed by atoms with Crippen molar-refractivity contribution in [3.8, 4) is 0 Å². The number of fused-ring (bicyclic) bond motifs is 1. The lowest BCUT2D eigenvalue weighted by atomic mass is 10.2. The smallest absolute Gasteiger partial charge is 0.410 e. The molecule has 0 atom stereocenters. The van der Waals surface area contributed by atoms with Gasteiger partial charge in [-0.2, -0.15) is 0 Å². The monoisotopic (exact) mass is 440 g/mol. The van der Waals surface area contributed by atoms with Gasteiger partial charge in [-0.15, -0.1) is 0 Å². The number of halogens is 1. The summed E-state index contributed by atoms with van der Waals surface area (Å²) in [5.41, 5.74) is 2.84. The molecule has 2 aromatic carbocycles. The lowest BCUT2D eigenvalue weighted by Crippen LogP contribution is -2.49. The normalized spacial score (nSPS) is 15.4. The van der Waals surface area contributed by atoms with E-state index in [9.17, 15) is 4.79 Å². The van der Waals surface area contributed by atoms with Crippen LogP contribution in [-0.4, -0.2) is 57.2 Å². The zero-order valence-corrected chi connectivity index (χ0v) is 19.1. The summed E-state index contributed by atoms with van der Waals surface area (Å²) in [6, 6.07) is 16.2. The maximum absolute atomic E-state index is 12.3. The third kappa shape index (κ3) is 5.38. The molecule has 4 rings (SSSR count). The molecule has 1 fully saturated rings. The molecule has 0 unspecified atom stereocenters. The first-order valence-corrected chi connectivity index (χ1v) is 11.1. The molecular weight excluding hydrogens is 412 g/mol. The number of imidazole rings is 1. The summed E-state index contributed by atoms with van der Waals surface area (Å²) in [7, 11) is 0. The Labute approximate surface area is 188 Å². The number of hydrogen-bond donors (Lipinski definition) is 0. The highest BCUT2D eigenvalue weighted by atomic mass is 35.5. The molecule has 1 saturated heterocycles. The number of carbonyl (C=O) groups excluding carboxylic acids is 1. The Balaban J connectivity index is 1.47. The van der Waals surface area contributed by atoms with E-state index in [1.165, 1.54) is 5.56 Å². The van der Waals surface area contributed by atoms with Crippen LogP contribution in [0.5, 0.6) is 0 Å². The van der Waals surface area contributed by atoms with Gasteiger partial charge in [0.15, 0.2) is 0 Å². The molecule has 0 saturated carbocycles. The summed E-state index contributed by atoms with van der Waals surface area (Å²) in [5, 5.41) is 0.738.